The average molecular weight is 308 g/mol. The Morgan fingerprint density at radius 3 is 2.37 bits per heavy atom. The topological polar surface area (TPSA) is 35.5 Å². The van der Waals surface area contributed by atoms with Crippen LogP contribution in [0, 0.1) is 0 Å². The van der Waals surface area contributed by atoms with Crippen LogP contribution in [0.4, 0.5) is 22.0 Å². The maximum atomic E-state index is 12.4. The summed E-state index contributed by atoms with van der Waals surface area (Å²) in [5.41, 5.74) is 0. The van der Waals surface area contributed by atoms with E-state index in [0.717, 1.165) is 0 Å². The number of rotatable bonds is 9. The molecule has 0 heterocycles. The van der Waals surface area contributed by atoms with Crippen LogP contribution >= 0.6 is 11.8 Å². The third-order valence-electron chi connectivity index (χ3n) is 1.65. The van der Waals surface area contributed by atoms with Crippen molar-refractivity contribution >= 4 is 17.7 Å². The predicted molar refractivity (Wildman–Crippen MR) is 60.1 cm³/mol. The van der Waals surface area contributed by atoms with Crippen molar-refractivity contribution in [2.24, 2.45) is 0 Å². The van der Waals surface area contributed by atoms with E-state index >= 15 is 0 Å². The highest BCUT2D eigenvalue weighted by molar-refractivity contribution is 8.00. The second-order valence-corrected chi connectivity index (χ2v) is 4.41. The summed E-state index contributed by atoms with van der Waals surface area (Å²) in [7, 11) is 0. The molecule has 0 atom stereocenters. The fourth-order valence-corrected chi connectivity index (χ4v) is 1.49. The minimum absolute atomic E-state index is 0.0903. The standard InChI is InChI=1S/C10H13F5O3S/c1-2-4-17-5-6-18-8(16)3-7-19-10(14,15)9(11,12)13/h2H,1,3-7H2. The van der Waals surface area contributed by atoms with Crippen LogP contribution in [0.25, 0.3) is 0 Å². The van der Waals surface area contributed by atoms with Crippen LogP contribution in [0.2, 0.25) is 0 Å². The van der Waals surface area contributed by atoms with E-state index in [0.29, 0.717) is 0 Å². The van der Waals surface area contributed by atoms with Crippen molar-refractivity contribution in [1.29, 1.82) is 0 Å². The lowest BCUT2D eigenvalue weighted by atomic mass is 10.5. The zero-order valence-corrected chi connectivity index (χ0v) is 10.7. The van der Waals surface area contributed by atoms with Crippen LogP contribution in [-0.4, -0.2) is 43.0 Å². The van der Waals surface area contributed by atoms with E-state index in [4.69, 9.17) is 4.74 Å². The molecule has 0 saturated heterocycles. The number of esters is 1. The first-order valence-corrected chi connectivity index (χ1v) is 6.12. The second-order valence-electron chi connectivity index (χ2n) is 3.20. The molecule has 0 saturated carbocycles. The molecule has 0 spiro atoms. The van der Waals surface area contributed by atoms with Crippen LogP contribution in [0.3, 0.4) is 0 Å². The lowest BCUT2D eigenvalue weighted by Crippen LogP contribution is -2.33. The highest BCUT2D eigenvalue weighted by Gasteiger charge is 2.57. The van der Waals surface area contributed by atoms with Gasteiger partial charge in [-0.15, -0.1) is 6.58 Å². The number of carbonyl (C=O) groups is 1. The Kier molecular flexibility index (Phi) is 8.00. The number of hydrogen-bond donors (Lipinski definition) is 0. The Balaban J connectivity index is 3.72. The highest BCUT2D eigenvalue weighted by atomic mass is 32.2. The SMILES string of the molecule is C=CCOCCOC(=O)CCSC(F)(F)C(F)(F)F. The van der Waals surface area contributed by atoms with Gasteiger partial charge in [-0.2, -0.15) is 22.0 Å². The number of halogens is 5. The molecular weight excluding hydrogens is 295 g/mol. The average Bonchev–Trinajstić information content (AvgIpc) is 2.27. The summed E-state index contributed by atoms with van der Waals surface area (Å²) in [5, 5.41) is -4.86. The molecular formula is C10H13F5O3S. The van der Waals surface area contributed by atoms with Gasteiger partial charge < -0.3 is 9.47 Å². The van der Waals surface area contributed by atoms with Gasteiger partial charge in [-0.25, -0.2) is 0 Å². The van der Waals surface area contributed by atoms with Crippen LogP contribution in [0.1, 0.15) is 6.42 Å². The van der Waals surface area contributed by atoms with Crippen molar-refractivity contribution in [3.8, 4) is 0 Å². The van der Waals surface area contributed by atoms with Gasteiger partial charge in [-0.3, -0.25) is 4.79 Å². The third kappa shape index (κ3) is 8.04. The van der Waals surface area contributed by atoms with E-state index in [1.54, 1.807) is 0 Å². The molecule has 9 heteroatoms. The van der Waals surface area contributed by atoms with Crippen molar-refractivity contribution in [2.45, 2.75) is 17.9 Å². The minimum Gasteiger partial charge on any atom is -0.463 e. The van der Waals surface area contributed by atoms with E-state index in [1.807, 2.05) is 0 Å². The van der Waals surface area contributed by atoms with Gasteiger partial charge in [0.1, 0.15) is 6.61 Å². The lowest BCUT2D eigenvalue weighted by Gasteiger charge is -2.18. The molecule has 0 rings (SSSR count). The van der Waals surface area contributed by atoms with Gasteiger partial charge in [-0.1, -0.05) is 17.8 Å². The first-order valence-electron chi connectivity index (χ1n) is 5.13. The summed E-state index contributed by atoms with van der Waals surface area (Å²) in [6.45, 7) is 3.66. The zero-order valence-electron chi connectivity index (χ0n) is 9.84. The van der Waals surface area contributed by atoms with Crippen LogP contribution in [0.15, 0.2) is 12.7 Å². The number of ether oxygens (including phenoxy) is 2. The van der Waals surface area contributed by atoms with Crippen molar-refractivity contribution in [3.05, 3.63) is 12.7 Å². The minimum atomic E-state index is -5.62. The summed E-state index contributed by atoms with van der Waals surface area (Å²) >= 11 is -0.642. The van der Waals surface area contributed by atoms with Crippen LogP contribution in [0.5, 0.6) is 0 Å². The van der Waals surface area contributed by atoms with E-state index in [1.165, 1.54) is 6.08 Å². The molecule has 112 valence electrons. The Bertz CT molecular complexity index is 293. The molecule has 0 aromatic carbocycles. The molecule has 0 aromatic rings. The number of thioether (sulfide) groups is 1. The molecule has 0 aromatic heterocycles. The summed E-state index contributed by atoms with van der Waals surface area (Å²) in [6.07, 6.45) is -4.67. The number of hydrogen-bond acceptors (Lipinski definition) is 4. The molecule has 3 nitrogen and oxygen atoms in total. The molecule has 0 aliphatic heterocycles. The molecule has 0 radical (unpaired) electrons. The lowest BCUT2D eigenvalue weighted by molar-refractivity contribution is -0.237. The summed E-state index contributed by atoms with van der Waals surface area (Å²) in [6, 6.07) is 0. The molecule has 0 fully saturated rings. The normalized spacial score (nSPS) is 12.3. The molecule has 0 aliphatic carbocycles. The van der Waals surface area contributed by atoms with Crippen molar-refractivity contribution in [1.82, 2.24) is 0 Å². The Hall–Kier alpha value is -0.830. The summed E-state index contributed by atoms with van der Waals surface area (Å²) < 4.78 is 69.6. The highest BCUT2D eigenvalue weighted by Crippen LogP contribution is 2.44. The Morgan fingerprint density at radius 1 is 1.21 bits per heavy atom. The van der Waals surface area contributed by atoms with E-state index in [2.05, 4.69) is 11.3 Å². The van der Waals surface area contributed by atoms with Gasteiger partial charge in [0.2, 0.25) is 0 Å². The third-order valence-corrected chi connectivity index (χ3v) is 2.65. The first-order chi connectivity index (χ1) is 8.70. The molecule has 0 aliphatic rings. The van der Waals surface area contributed by atoms with Gasteiger partial charge in [0, 0.05) is 5.75 Å². The summed E-state index contributed by atoms with van der Waals surface area (Å²) in [5.74, 6) is -1.54. The van der Waals surface area contributed by atoms with Gasteiger partial charge in [0.05, 0.1) is 19.6 Å². The quantitative estimate of drug-likeness (QED) is 0.284. The van der Waals surface area contributed by atoms with Crippen LogP contribution in [-0.2, 0) is 14.3 Å². The van der Waals surface area contributed by atoms with Crippen LogP contribution < -0.4 is 0 Å². The molecule has 0 amide bonds. The fraction of sp³-hybridized carbons (Fsp3) is 0.700. The van der Waals surface area contributed by atoms with E-state index in [-0.39, 0.29) is 19.8 Å². The maximum Gasteiger partial charge on any atom is 0.464 e. The predicted octanol–water partition coefficient (Wildman–Crippen LogP) is 3.01. The maximum absolute atomic E-state index is 12.4. The smallest absolute Gasteiger partial charge is 0.463 e. The molecule has 0 bridgehead atoms. The largest absolute Gasteiger partial charge is 0.464 e. The number of carbonyl (C=O) groups excluding carboxylic acids is 1. The van der Waals surface area contributed by atoms with E-state index < -0.39 is 41.3 Å². The van der Waals surface area contributed by atoms with Gasteiger partial charge in [-0.05, 0) is 0 Å². The van der Waals surface area contributed by atoms with Gasteiger partial charge >= 0.3 is 17.4 Å². The summed E-state index contributed by atoms with van der Waals surface area (Å²) in [4.78, 5) is 11.0. The Morgan fingerprint density at radius 2 is 1.84 bits per heavy atom. The van der Waals surface area contributed by atoms with Crippen molar-refractivity contribution in [2.75, 3.05) is 25.6 Å². The van der Waals surface area contributed by atoms with Crippen molar-refractivity contribution < 1.29 is 36.2 Å². The molecule has 0 unspecified atom stereocenters. The first kappa shape index (κ1) is 18.2. The Labute approximate surface area is 111 Å². The van der Waals surface area contributed by atoms with Gasteiger partial charge in [0.15, 0.2) is 0 Å². The number of alkyl halides is 5. The molecule has 19 heavy (non-hydrogen) atoms. The van der Waals surface area contributed by atoms with Gasteiger partial charge in [0.25, 0.3) is 0 Å². The second kappa shape index (κ2) is 8.36. The fourth-order valence-electron chi connectivity index (χ4n) is 0.798. The zero-order chi connectivity index (χ0) is 14.9. The van der Waals surface area contributed by atoms with E-state index in [9.17, 15) is 26.7 Å². The monoisotopic (exact) mass is 308 g/mol. The molecule has 0 N–H and O–H groups in total. The van der Waals surface area contributed by atoms with Crippen molar-refractivity contribution in [3.63, 3.8) is 0 Å².